The molecule has 0 saturated heterocycles. The fraction of sp³-hybridized carbons (Fsp3) is 0.391. The predicted molar refractivity (Wildman–Crippen MR) is 122 cm³/mol. The minimum atomic E-state index is -4.89. The SMILES string of the molecule is N=[S@@](=O)(CC[C@H](NC(=O)OCc1ccccc1)C(=O)OCc1ccccc1)CC[C@H](O)C(F)(F)F. The Kier molecular flexibility index (Phi) is 10.5. The molecule has 8 nitrogen and oxygen atoms in total. The van der Waals surface area contributed by atoms with E-state index in [1.54, 1.807) is 60.7 Å². The summed E-state index contributed by atoms with van der Waals surface area (Å²) in [7, 11) is -3.58. The lowest BCUT2D eigenvalue weighted by atomic mass is 10.2. The Morgan fingerprint density at radius 3 is 1.91 bits per heavy atom. The summed E-state index contributed by atoms with van der Waals surface area (Å²) in [6, 6.07) is 16.1. The summed E-state index contributed by atoms with van der Waals surface area (Å²) in [6.07, 6.45) is -9.80. The average molecular weight is 517 g/mol. The van der Waals surface area contributed by atoms with Gasteiger partial charge in [-0.25, -0.2) is 13.8 Å². The van der Waals surface area contributed by atoms with Crippen molar-refractivity contribution >= 4 is 21.8 Å². The van der Waals surface area contributed by atoms with E-state index in [4.69, 9.17) is 19.4 Å². The summed E-state index contributed by atoms with van der Waals surface area (Å²) < 4.78 is 68.0. The molecule has 0 unspecified atom stereocenters. The quantitative estimate of drug-likeness (QED) is 0.369. The zero-order valence-electron chi connectivity index (χ0n) is 18.7. The maximum Gasteiger partial charge on any atom is 0.414 e. The Hall–Kier alpha value is -3.12. The van der Waals surface area contributed by atoms with Gasteiger partial charge in [-0.1, -0.05) is 60.7 Å². The van der Waals surface area contributed by atoms with E-state index >= 15 is 0 Å². The van der Waals surface area contributed by atoms with Gasteiger partial charge < -0.3 is 19.9 Å². The van der Waals surface area contributed by atoms with Crippen LogP contribution in [0.25, 0.3) is 0 Å². The number of aliphatic hydroxyl groups is 1. The molecular formula is C23H27F3N2O6S. The second-order valence-corrected chi connectivity index (χ2v) is 10.1. The number of hydrogen-bond donors (Lipinski definition) is 3. The summed E-state index contributed by atoms with van der Waals surface area (Å²) in [6.45, 7) is -0.187. The number of amides is 1. The standard InChI is InChI=1S/C23H27F3N2O6S/c24-23(25,26)20(29)12-14-35(27,32)13-11-19(21(30)33-15-17-7-3-1-4-8-17)28-22(31)34-16-18-9-5-2-6-10-18/h1-10,19-20,27,29H,11-16H2,(H,28,31)/t19-,20-,35+/m0/s1. The molecule has 0 bridgehead atoms. The number of alkyl carbamates (subject to hydrolysis) is 1. The van der Waals surface area contributed by atoms with E-state index in [0.717, 1.165) is 0 Å². The van der Waals surface area contributed by atoms with Crippen molar-refractivity contribution in [3.05, 3.63) is 71.8 Å². The van der Waals surface area contributed by atoms with E-state index in [-0.39, 0.29) is 19.6 Å². The summed E-state index contributed by atoms with van der Waals surface area (Å²) in [4.78, 5) is 24.8. The van der Waals surface area contributed by atoms with E-state index in [1.165, 1.54) is 0 Å². The van der Waals surface area contributed by atoms with Gasteiger partial charge >= 0.3 is 18.2 Å². The lowest BCUT2D eigenvalue weighted by Crippen LogP contribution is -2.43. The molecule has 1 amide bonds. The van der Waals surface area contributed by atoms with Gasteiger partial charge in [0.15, 0.2) is 6.10 Å². The normalized spacial score (nSPS) is 14.9. The van der Waals surface area contributed by atoms with Gasteiger partial charge in [0, 0.05) is 21.2 Å². The van der Waals surface area contributed by atoms with Crippen LogP contribution in [0.1, 0.15) is 24.0 Å². The summed E-state index contributed by atoms with van der Waals surface area (Å²) in [5, 5.41) is 11.4. The molecule has 192 valence electrons. The van der Waals surface area contributed by atoms with E-state index in [1.807, 2.05) is 0 Å². The molecule has 12 heteroatoms. The molecule has 0 aromatic heterocycles. The lowest BCUT2D eigenvalue weighted by Gasteiger charge is -2.19. The first kappa shape index (κ1) is 28.1. The monoisotopic (exact) mass is 516 g/mol. The topological polar surface area (TPSA) is 126 Å². The van der Waals surface area contributed by atoms with Crippen LogP contribution in [0, 0.1) is 4.78 Å². The van der Waals surface area contributed by atoms with Crippen molar-refractivity contribution in [2.24, 2.45) is 0 Å². The number of alkyl halides is 3. The third kappa shape index (κ3) is 10.8. The van der Waals surface area contributed by atoms with Crippen LogP contribution in [0.3, 0.4) is 0 Å². The number of carbonyl (C=O) groups excluding carboxylic acids is 2. The molecular weight excluding hydrogens is 489 g/mol. The fourth-order valence-electron chi connectivity index (χ4n) is 2.86. The van der Waals surface area contributed by atoms with Crippen LogP contribution in [0.2, 0.25) is 0 Å². The first-order valence-electron chi connectivity index (χ1n) is 10.6. The van der Waals surface area contributed by atoms with Gasteiger partial charge in [-0.3, -0.25) is 4.78 Å². The van der Waals surface area contributed by atoms with E-state index < -0.39 is 58.0 Å². The van der Waals surface area contributed by atoms with Crippen LogP contribution in [0.4, 0.5) is 18.0 Å². The second kappa shape index (κ2) is 13.1. The van der Waals surface area contributed by atoms with Crippen LogP contribution in [0.15, 0.2) is 60.7 Å². The van der Waals surface area contributed by atoms with Crippen LogP contribution in [0.5, 0.6) is 0 Å². The van der Waals surface area contributed by atoms with Gasteiger partial charge in [-0.05, 0) is 24.0 Å². The largest absolute Gasteiger partial charge is 0.459 e. The number of halogens is 3. The zero-order chi connectivity index (χ0) is 25.9. The third-order valence-electron chi connectivity index (χ3n) is 4.85. The Labute approximate surface area is 201 Å². The first-order valence-corrected chi connectivity index (χ1v) is 12.5. The van der Waals surface area contributed by atoms with Crippen LogP contribution in [-0.4, -0.2) is 51.2 Å². The minimum Gasteiger partial charge on any atom is -0.459 e. The fourth-order valence-corrected chi connectivity index (χ4v) is 4.29. The number of aliphatic hydroxyl groups excluding tert-OH is 1. The van der Waals surface area contributed by atoms with Gasteiger partial charge in [0.1, 0.15) is 19.3 Å². The second-order valence-electron chi connectivity index (χ2n) is 7.71. The number of benzene rings is 2. The van der Waals surface area contributed by atoms with Crippen molar-refractivity contribution in [1.82, 2.24) is 5.32 Å². The summed E-state index contributed by atoms with van der Waals surface area (Å²) in [5.74, 6) is -2.10. The Bertz CT molecular complexity index is 1050. The number of nitrogens with one attached hydrogen (secondary N) is 2. The van der Waals surface area contributed by atoms with Crippen molar-refractivity contribution in [2.75, 3.05) is 11.5 Å². The molecule has 0 spiro atoms. The van der Waals surface area contributed by atoms with E-state index in [9.17, 15) is 27.0 Å². The highest BCUT2D eigenvalue weighted by Gasteiger charge is 2.38. The molecule has 0 aliphatic carbocycles. The summed E-state index contributed by atoms with van der Waals surface area (Å²) >= 11 is 0. The molecule has 3 atom stereocenters. The van der Waals surface area contributed by atoms with Crippen LogP contribution < -0.4 is 5.32 Å². The van der Waals surface area contributed by atoms with Crippen molar-refractivity contribution in [3.63, 3.8) is 0 Å². The molecule has 2 aromatic rings. The van der Waals surface area contributed by atoms with Crippen LogP contribution in [-0.2, 0) is 37.2 Å². The van der Waals surface area contributed by atoms with Gasteiger partial charge in [0.2, 0.25) is 0 Å². The third-order valence-corrected chi connectivity index (χ3v) is 6.64. The molecule has 3 N–H and O–H groups in total. The van der Waals surface area contributed by atoms with E-state index in [2.05, 4.69) is 5.32 Å². The zero-order valence-corrected chi connectivity index (χ0v) is 19.5. The molecule has 2 rings (SSSR count). The van der Waals surface area contributed by atoms with Crippen LogP contribution >= 0.6 is 0 Å². The molecule has 0 fully saturated rings. The van der Waals surface area contributed by atoms with Gasteiger partial charge in [-0.15, -0.1) is 0 Å². The highest BCUT2D eigenvalue weighted by atomic mass is 32.2. The van der Waals surface area contributed by atoms with Gasteiger partial charge in [0.05, 0.1) is 0 Å². The maximum atomic E-state index is 12.6. The predicted octanol–water partition coefficient (Wildman–Crippen LogP) is 3.77. The van der Waals surface area contributed by atoms with Crippen molar-refractivity contribution < 1.29 is 41.5 Å². The Morgan fingerprint density at radius 1 is 0.914 bits per heavy atom. The molecule has 0 heterocycles. The summed E-state index contributed by atoms with van der Waals surface area (Å²) in [5.41, 5.74) is 1.37. The first-order chi connectivity index (χ1) is 16.5. The van der Waals surface area contributed by atoms with Crippen molar-refractivity contribution in [1.29, 1.82) is 4.78 Å². The number of carbonyl (C=O) groups is 2. The molecule has 0 aliphatic rings. The highest BCUT2D eigenvalue weighted by molar-refractivity contribution is 7.92. The van der Waals surface area contributed by atoms with Crippen molar-refractivity contribution in [2.45, 2.75) is 44.4 Å². The number of ether oxygens (including phenoxy) is 2. The molecule has 0 saturated carbocycles. The minimum absolute atomic E-state index is 0.0804. The van der Waals surface area contributed by atoms with Crippen molar-refractivity contribution in [3.8, 4) is 0 Å². The average Bonchev–Trinajstić information content (AvgIpc) is 2.83. The maximum absolute atomic E-state index is 12.6. The number of esters is 1. The lowest BCUT2D eigenvalue weighted by molar-refractivity contribution is -0.203. The Balaban J connectivity index is 1.98. The molecule has 35 heavy (non-hydrogen) atoms. The molecule has 0 radical (unpaired) electrons. The highest BCUT2D eigenvalue weighted by Crippen LogP contribution is 2.23. The smallest absolute Gasteiger partial charge is 0.414 e. The van der Waals surface area contributed by atoms with Gasteiger partial charge in [-0.2, -0.15) is 13.2 Å². The van der Waals surface area contributed by atoms with E-state index in [0.29, 0.717) is 11.1 Å². The number of hydrogen-bond acceptors (Lipinski definition) is 7. The number of rotatable bonds is 12. The molecule has 2 aromatic carbocycles. The Morgan fingerprint density at radius 2 is 1.40 bits per heavy atom. The van der Waals surface area contributed by atoms with Gasteiger partial charge in [0.25, 0.3) is 0 Å². The molecule has 0 aliphatic heterocycles.